The van der Waals surface area contributed by atoms with Gasteiger partial charge in [-0.15, -0.1) is 0 Å². The lowest BCUT2D eigenvalue weighted by Crippen LogP contribution is -2.17. The summed E-state index contributed by atoms with van der Waals surface area (Å²) in [5.41, 5.74) is 4.80. The van der Waals surface area contributed by atoms with Gasteiger partial charge in [0, 0.05) is 5.92 Å². The minimum absolute atomic E-state index is 0.00926. The fraction of sp³-hybridized carbons (Fsp3) is 0.571. The van der Waals surface area contributed by atoms with E-state index < -0.39 is 18.4 Å². The number of primary amides is 1. The Hall–Kier alpha value is -1.59. The minimum atomic E-state index is -1.31. The maximum Gasteiger partial charge on any atom is 0.314 e. The van der Waals surface area contributed by atoms with Crippen LogP contribution in [-0.2, 0) is 14.4 Å². The third-order valence-electron chi connectivity index (χ3n) is 0.871. The Labute approximate surface area is 75.3 Å². The zero-order valence-corrected chi connectivity index (χ0v) is 7.48. The van der Waals surface area contributed by atoms with Crippen LogP contribution in [0.3, 0.4) is 0 Å². The Morgan fingerprint density at radius 2 is 1.38 bits per heavy atom. The lowest BCUT2D eigenvalue weighted by atomic mass is 10.2. The first kappa shape index (κ1) is 14.0. The van der Waals surface area contributed by atoms with Crippen LogP contribution in [0.25, 0.3) is 0 Å². The summed E-state index contributed by atoms with van der Waals surface area (Å²) in [6.45, 7) is 3.53. The molecule has 0 spiro atoms. The number of aliphatic carboxylic acids is 2. The molecule has 0 heterocycles. The van der Waals surface area contributed by atoms with Crippen LogP contribution in [0.4, 0.5) is 0 Å². The van der Waals surface area contributed by atoms with Gasteiger partial charge < -0.3 is 15.9 Å². The predicted octanol–water partition coefficient (Wildman–Crippen LogP) is -0.327. The summed E-state index contributed by atoms with van der Waals surface area (Å²) in [7, 11) is 0. The minimum Gasteiger partial charge on any atom is -0.481 e. The molecule has 0 aliphatic carbocycles. The Balaban J connectivity index is 0. The third-order valence-corrected chi connectivity index (χ3v) is 0.871. The highest BCUT2D eigenvalue weighted by atomic mass is 16.4. The van der Waals surface area contributed by atoms with Crippen molar-refractivity contribution in [2.75, 3.05) is 0 Å². The maximum atomic E-state index is 9.92. The van der Waals surface area contributed by atoms with Gasteiger partial charge in [-0.1, -0.05) is 13.8 Å². The van der Waals surface area contributed by atoms with Crippen molar-refractivity contribution in [3.63, 3.8) is 0 Å². The molecule has 0 saturated heterocycles. The Bertz CT molecular complexity index is 187. The Kier molecular flexibility index (Phi) is 7.61. The molecule has 0 radical (unpaired) electrons. The van der Waals surface area contributed by atoms with Gasteiger partial charge in [0.25, 0.3) is 0 Å². The quantitative estimate of drug-likeness (QED) is 0.528. The van der Waals surface area contributed by atoms with Crippen molar-refractivity contribution < 1.29 is 24.6 Å². The first-order valence-corrected chi connectivity index (χ1v) is 3.50. The van der Waals surface area contributed by atoms with Crippen molar-refractivity contribution in [3.8, 4) is 0 Å². The highest BCUT2D eigenvalue weighted by Crippen LogP contribution is 1.84. The topological polar surface area (TPSA) is 118 Å². The molecule has 0 atom stereocenters. The number of carboxylic acids is 2. The summed E-state index contributed by atoms with van der Waals surface area (Å²) in [5.74, 6) is -2.88. The van der Waals surface area contributed by atoms with Gasteiger partial charge >= 0.3 is 11.9 Å². The van der Waals surface area contributed by atoms with Crippen LogP contribution >= 0.6 is 0 Å². The van der Waals surface area contributed by atoms with Crippen LogP contribution in [-0.4, -0.2) is 28.1 Å². The van der Waals surface area contributed by atoms with E-state index in [1.807, 2.05) is 0 Å². The molecule has 0 aromatic heterocycles. The van der Waals surface area contributed by atoms with Gasteiger partial charge in [0.2, 0.25) is 5.91 Å². The van der Waals surface area contributed by atoms with Crippen molar-refractivity contribution >= 4 is 17.8 Å². The summed E-state index contributed by atoms with van der Waals surface area (Å²) in [6, 6.07) is 0. The average molecular weight is 191 g/mol. The van der Waals surface area contributed by atoms with Gasteiger partial charge in [0.1, 0.15) is 6.42 Å². The second-order valence-corrected chi connectivity index (χ2v) is 2.52. The van der Waals surface area contributed by atoms with Crippen molar-refractivity contribution in [3.05, 3.63) is 0 Å². The molecule has 0 aliphatic heterocycles. The van der Waals surface area contributed by atoms with E-state index in [9.17, 15) is 14.4 Å². The summed E-state index contributed by atoms with van der Waals surface area (Å²) >= 11 is 0. The lowest BCUT2D eigenvalue weighted by molar-refractivity contribution is -0.147. The van der Waals surface area contributed by atoms with Crippen LogP contribution in [0.1, 0.15) is 20.3 Å². The number of carbonyl (C=O) groups excluding carboxylic acids is 1. The highest BCUT2D eigenvalue weighted by molar-refractivity contribution is 5.88. The number of nitrogens with two attached hydrogens (primary N) is 1. The van der Waals surface area contributed by atoms with E-state index in [0.717, 1.165) is 0 Å². The fourth-order valence-corrected chi connectivity index (χ4v) is 0.129. The Morgan fingerprint density at radius 3 is 1.38 bits per heavy atom. The van der Waals surface area contributed by atoms with Crippen LogP contribution < -0.4 is 5.73 Å². The Morgan fingerprint density at radius 1 is 1.15 bits per heavy atom. The van der Waals surface area contributed by atoms with Gasteiger partial charge in [-0.3, -0.25) is 14.4 Å². The molecule has 13 heavy (non-hydrogen) atoms. The summed E-state index contributed by atoms with van der Waals surface area (Å²) < 4.78 is 0. The number of carboxylic acid groups (broad SMARTS) is 2. The van der Waals surface area contributed by atoms with Crippen LogP contribution in [0.15, 0.2) is 0 Å². The maximum absolute atomic E-state index is 9.92. The van der Waals surface area contributed by atoms with E-state index in [4.69, 9.17) is 15.9 Å². The standard InChI is InChI=1S/C4H9NO.C3H4O4/c1-3(2)4(5)6;4-2(5)1-3(6)7/h3H,1-2H3,(H2,5,6);1H2,(H,4,5)(H,6,7). The molecule has 0 saturated carbocycles. The van der Waals surface area contributed by atoms with Crippen molar-refractivity contribution in [2.45, 2.75) is 20.3 Å². The molecule has 6 nitrogen and oxygen atoms in total. The smallest absolute Gasteiger partial charge is 0.314 e. The monoisotopic (exact) mass is 191 g/mol. The van der Waals surface area contributed by atoms with E-state index >= 15 is 0 Å². The molecule has 0 fully saturated rings. The zero-order valence-electron chi connectivity index (χ0n) is 7.48. The molecular weight excluding hydrogens is 178 g/mol. The van der Waals surface area contributed by atoms with Gasteiger partial charge in [-0.2, -0.15) is 0 Å². The van der Waals surface area contributed by atoms with Gasteiger partial charge in [-0.05, 0) is 0 Å². The molecular formula is C7H13NO5. The number of hydrogen-bond donors (Lipinski definition) is 3. The molecule has 1 amide bonds. The summed E-state index contributed by atoms with van der Waals surface area (Å²) in [5, 5.41) is 15.4. The third kappa shape index (κ3) is 17.9. The van der Waals surface area contributed by atoms with E-state index in [1.54, 1.807) is 13.8 Å². The average Bonchev–Trinajstić information content (AvgIpc) is 1.84. The fourth-order valence-electron chi connectivity index (χ4n) is 0.129. The number of carbonyl (C=O) groups is 3. The molecule has 0 aromatic carbocycles. The predicted molar refractivity (Wildman–Crippen MR) is 43.9 cm³/mol. The molecule has 6 heteroatoms. The van der Waals surface area contributed by atoms with E-state index in [1.165, 1.54) is 0 Å². The second-order valence-electron chi connectivity index (χ2n) is 2.52. The molecule has 76 valence electrons. The van der Waals surface area contributed by atoms with Gasteiger partial charge in [-0.25, -0.2) is 0 Å². The SMILES string of the molecule is CC(C)C(N)=O.O=C(O)CC(=O)O. The second kappa shape index (κ2) is 7.08. The van der Waals surface area contributed by atoms with Crippen molar-refractivity contribution in [2.24, 2.45) is 11.7 Å². The van der Waals surface area contributed by atoms with E-state index in [-0.39, 0.29) is 11.8 Å². The van der Waals surface area contributed by atoms with Crippen LogP contribution in [0.5, 0.6) is 0 Å². The van der Waals surface area contributed by atoms with Crippen molar-refractivity contribution in [1.29, 1.82) is 0 Å². The first-order valence-electron chi connectivity index (χ1n) is 3.50. The summed E-state index contributed by atoms with van der Waals surface area (Å²) in [6.07, 6.45) is -0.806. The van der Waals surface area contributed by atoms with E-state index in [2.05, 4.69) is 0 Å². The number of hydrogen-bond acceptors (Lipinski definition) is 3. The van der Waals surface area contributed by atoms with Crippen LogP contribution in [0, 0.1) is 5.92 Å². The van der Waals surface area contributed by atoms with Gasteiger partial charge in [0.15, 0.2) is 0 Å². The largest absolute Gasteiger partial charge is 0.481 e. The van der Waals surface area contributed by atoms with Crippen molar-refractivity contribution in [1.82, 2.24) is 0 Å². The number of amides is 1. The van der Waals surface area contributed by atoms with E-state index in [0.29, 0.717) is 0 Å². The molecule has 4 N–H and O–H groups in total. The normalized spacial score (nSPS) is 8.54. The number of rotatable bonds is 3. The summed E-state index contributed by atoms with van der Waals surface area (Å²) in [4.78, 5) is 28.8. The first-order chi connectivity index (χ1) is 5.77. The molecule has 0 aromatic rings. The molecule has 0 rings (SSSR count). The lowest BCUT2D eigenvalue weighted by Gasteiger charge is -1.90. The molecule has 0 unspecified atom stereocenters. The van der Waals surface area contributed by atoms with Gasteiger partial charge in [0.05, 0.1) is 0 Å². The zero-order chi connectivity index (χ0) is 11.0. The highest BCUT2D eigenvalue weighted by Gasteiger charge is 2.01. The molecule has 0 aliphatic rings. The molecule has 0 bridgehead atoms. The van der Waals surface area contributed by atoms with Crippen LogP contribution in [0.2, 0.25) is 0 Å².